The third kappa shape index (κ3) is 2.66. The molecule has 2 aliphatic rings. The smallest absolute Gasteiger partial charge is 0.321 e. The number of carbonyl (C=O) groups excluding carboxylic acids is 3. The zero-order chi connectivity index (χ0) is 17.6. The first kappa shape index (κ1) is 16.5. The molecule has 0 spiro atoms. The normalized spacial score (nSPS) is 23.2. The Morgan fingerprint density at radius 1 is 1.29 bits per heavy atom. The van der Waals surface area contributed by atoms with Crippen LogP contribution < -0.4 is 5.32 Å². The molecule has 3 rings (SSSR count). The molecule has 0 aliphatic carbocycles. The van der Waals surface area contributed by atoms with Crippen molar-refractivity contribution in [3.05, 3.63) is 40.6 Å². The molecule has 2 heterocycles. The minimum absolute atomic E-state index is 0.334. The Morgan fingerprint density at radius 3 is 2.67 bits per heavy atom. The number of amides is 4. The number of carbonyl (C=O) groups is 3. The van der Waals surface area contributed by atoms with Gasteiger partial charge in [-0.05, 0) is 30.7 Å². The van der Waals surface area contributed by atoms with E-state index in [1.165, 1.54) is 18.0 Å². The van der Waals surface area contributed by atoms with Crippen LogP contribution in [0.4, 0.5) is 14.9 Å². The molecular weight excluding hydrogens is 333 g/mol. The second-order valence-corrected chi connectivity index (χ2v) is 6.93. The molecule has 2 atom stereocenters. The number of nitrogens with one attached hydrogen (secondary N) is 1. The van der Waals surface area contributed by atoms with Gasteiger partial charge in [0.15, 0.2) is 0 Å². The van der Waals surface area contributed by atoms with Crippen molar-refractivity contribution >= 4 is 35.3 Å². The number of fused-ring (bicyclic) bond motifs is 1. The van der Waals surface area contributed by atoms with Crippen LogP contribution in [0.15, 0.2) is 29.2 Å². The Morgan fingerprint density at radius 2 is 2.00 bits per heavy atom. The van der Waals surface area contributed by atoms with Crippen molar-refractivity contribution in [2.24, 2.45) is 5.92 Å². The Labute approximate surface area is 142 Å². The highest BCUT2D eigenvalue weighted by Crippen LogP contribution is 2.42. The lowest BCUT2D eigenvalue weighted by Crippen LogP contribution is -2.56. The summed E-state index contributed by atoms with van der Waals surface area (Å²) < 4.78 is 13.6. The summed E-state index contributed by atoms with van der Waals surface area (Å²) in [6.07, 6.45) is 1.57. The molecule has 1 N–H and O–H groups in total. The maximum Gasteiger partial charge on any atom is 0.327 e. The molecule has 126 valence electrons. The molecule has 1 saturated heterocycles. The summed E-state index contributed by atoms with van der Waals surface area (Å²) >= 11 is 1.16. The van der Waals surface area contributed by atoms with Gasteiger partial charge < -0.3 is 10.2 Å². The van der Waals surface area contributed by atoms with Gasteiger partial charge in [0.2, 0.25) is 5.91 Å². The number of thioether (sulfide) groups is 1. The molecule has 4 amide bonds. The van der Waals surface area contributed by atoms with E-state index < -0.39 is 29.0 Å². The summed E-state index contributed by atoms with van der Waals surface area (Å²) in [6, 6.07) is 4.03. The highest BCUT2D eigenvalue weighted by atomic mass is 32.2. The predicted octanol–water partition coefficient (Wildman–Crippen LogP) is 2.17. The van der Waals surface area contributed by atoms with Crippen LogP contribution in [0.2, 0.25) is 0 Å². The van der Waals surface area contributed by atoms with Gasteiger partial charge in [0.1, 0.15) is 5.82 Å². The van der Waals surface area contributed by atoms with Gasteiger partial charge in [0, 0.05) is 19.8 Å². The van der Waals surface area contributed by atoms with Crippen LogP contribution in [0, 0.1) is 18.7 Å². The molecule has 2 unspecified atom stereocenters. The van der Waals surface area contributed by atoms with E-state index in [1.54, 1.807) is 32.2 Å². The molecule has 0 aromatic heterocycles. The van der Waals surface area contributed by atoms with E-state index >= 15 is 0 Å². The third-order valence-electron chi connectivity index (χ3n) is 4.13. The number of imide groups is 1. The van der Waals surface area contributed by atoms with Gasteiger partial charge in [0.25, 0.3) is 5.91 Å². The van der Waals surface area contributed by atoms with Crippen molar-refractivity contribution in [2.45, 2.75) is 12.3 Å². The molecule has 1 aromatic carbocycles. The standard InChI is InChI=1S/C16H16FN3O3S/c1-8-4-5-9(6-11(8)17)18-13(21)12-7-10-14(22)19(2)16(23)20(3)15(10)24-12/h4-7,10,15H,1-3H3,(H,18,21). The van der Waals surface area contributed by atoms with E-state index in [2.05, 4.69) is 5.32 Å². The van der Waals surface area contributed by atoms with Crippen molar-refractivity contribution in [2.75, 3.05) is 19.4 Å². The molecular formula is C16H16FN3O3S. The largest absolute Gasteiger partial charge is 0.327 e. The fourth-order valence-electron chi connectivity index (χ4n) is 2.66. The van der Waals surface area contributed by atoms with Gasteiger partial charge in [0.05, 0.1) is 16.2 Å². The van der Waals surface area contributed by atoms with Crippen LogP contribution in [0.5, 0.6) is 0 Å². The van der Waals surface area contributed by atoms with E-state index in [4.69, 9.17) is 0 Å². The quantitative estimate of drug-likeness (QED) is 0.888. The van der Waals surface area contributed by atoms with Crippen LogP contribution in [0.3, 0.4) is 0 Å². The SMILES string of the molecule is Cc1ccc(NC(=O)C2=CC3C(=O)N(C)C(=O)N(C)C3S2)cc1F. The van der Waals surface area contributed by atoms with Gasteiger partial charge in [-0.15, -0.1) is 0 Å². The average molecular weight is 349 g/mol. The minimum atomic E-state index is -0.557. The Kier molecular flexibility index (Phi) is 4.08. The van der Waals surface area contributed by atoms with Crippen molar-refractivity contribution in [3.8, 4) is 0 Å². The molecule has 24 heavy (non-hydrogen) atoms. The fraction of sp³-hybridized carbons (Fsp3) is 0.312. The summed E-state index contributed by atoms with van der Waals surface area (Å²) in [7, 11) is 3.02. The van der Waals surface area contributed by atoms with Gasteiger partial charge in [-0.1, -0.05) is 17.8 Å². The number of hydrogen-bond acceptors (Lipinski definition) is 4. The summed E-state index contributed by atoms with van der Waals surface area (Å²) in [4.78, 5) is 39.4. The number of halogens is 1. The number of aryl methyl sites for hydroxylation is 1. The first-order chi connectivity index (χ1) is 11.3. The lowest BCUT2D eigenvalue weighted by molar-refractivity contribution is -0.133. The van der Waals surface area contributed by atoms with E-state index in [-0.39, 0.29) is 5.91 Å². The van der Waals surface area contributed by atoms with Gasteiger partial charge in [-0.3, -0.25) is 14.5 Å². The van der Waals surface area contributed by atoms with Crippen LogP contribution in [0.25, 0.3) is 0 Å². The van der Waals surface area contributed by atoms with E-state index in [0.29, 0.717) is 16.2 Å². The van der Waals surface area contributed by atoms with E-state index in [1.807, 2.05) is 0 Å². The van der Waals surface area contributed by atoms with Crippen molar-refractivity contribution in [1.29, 1.82) is 0 Å². The maximum atomic E-state index is 13.6. The van der Waals surface area contributed by atoms with E-state index in [9.17, 15) is 18.8 Å². The van der Waals surface area contributed by atoms with Gasteiger partial charge in [-0.2, -0.15) is 0 Å². The lowest BCUT2D eigenvalue weighted by Gasteiger charge is -2.37. The minimum Gasteiger partial charge on any atom is -0.321 e. The van der Waals surface area contributed by atoms with Gasteiger partial charge >= 0.3 is 6.03 Å². The molecule has 8 heteroatoms. The molecule has 1 fully saturated rings. The van der Waals surface area contributed by atoms with Crippen LogP contribution >= 0.6 is 11.8 Å². The van der Waals surface area contributed by atoms with E-state index in [0.717, 1.165) is 16.7 Å². The molecule has 1 aromatic rings. The average Bonchev–Trinajstić information content (AvgIpc) is 3.00. The molecule has 0 saturated carbocycles. The Hall–Kier alpha value is -2.35. The van der Waals surface area contributed by atoms with Crippen molar-refractivity contribution in [3.63, 3.8) is 0 Å². The van der Waals surface area contributed by atoms with Crippen LogP contribution in [0.1, 0.15) is 5.56 Å². The highest BCUT2D eigenvalue weighted by molar-refractivity contribution is 8.04. The number of benzene rings is 1. The number of urea groups is 1. The second-order valence-electron chi connectivity index (χ2n) is 5.77. The zero-order valence-corrected chi connectivity index (χ0v) is 14.2. The zero-order valence-electron chi connectivity index (χ0n) is 13.4. The molecule has 2 aliphatic heterocycles. The summed E-state index contributed by atoms with van der Waals surface area (Å²) in [5.41, 5.74) is 0.828. The first-order valence-electron chi connectivity index (χ1n) is 7.30. The summed E-state index contributed by atoms with van der Waals surface area (Å²) in [6.45, 7) is 1.63. The molecule has 0 radical (unpaired) electrons. The Bertz CT molecular complexity index is 780. The van der Waals surface area contributed by atoms with Crippen LogP contribution in [-0.2, 0) is 9.59 Å². The topological polar surface area (TPSA) is 69.7 Å². The summed E-state index contributed by atoms with van der Waals surface area (Å²) in [5.74, 6) is -1.72. The monoisotopic (exact) mass is 349 g/mol. The van der Waals surface area contributed by atoms with Crippen molar-refractivity contribution < 1.29 is 18.8 Å². The van der Waals surface area contributed by atoms with Crippen LogP contribution in [-0.4, -0.2) is 47.1 Å². The first-order valence-corrected chi connectivity index (χ1v) is 8.18. The third-order valence-corrected chi connectivity index (χ3v) is 5.55. The number of hydrogen-bond donors (Lipinski definition) is 1. The van der Waals surface area contributed by atoms with Crippen molar-refractivity contribution in [1.82, 2.24) is 9.80 Å². The lowest BCUT2D eigenvalue weighted by atomic mass is 10.0. The fourth-order valence-corrected chi connectivity index (χ4v) is 3.89. The number of rotatable bonds is 2. The van der Waals surface area contributed by atoms with Gasteiger partial charge in [-0.25, -0.2) is 9.18 Å². The Balaban J connectivity index is 1.78. The number of nitrogens with zero attached hydrogens (tertiary/aromatic N) is 2. The maximum absolute atomic E-state index is 13.6. The number of anilines is 1. The second kappa shape index (κ2) is 5.94. The molecule has 0 bridgehead atoms. The molecule has 6 nitrogen and oxygen atoms in total. The highest BCUT2D eigenvalue weighted by Gasteiger charge is 2.47. The summed E-state index contributed by atoms with van der Waals surface area (Å²) in [5, 5.41) is 2.18. The predicted molar refractivity (Wildman–Crippen MR) is 88.6 cm³/mol.